The molecule has 3 fully saturated rings. The minimum Gasteiger partial charge on any atom is -0.379 e. The highest BCUT2D eigenvalue weighted by Crippen LogP contribution is 2.27. The third-order valence-electron chi connectivity index (χ3n) is 6.66. The SMILES string of the molecule is CCNC(=NCC(CC(C)C)N1CCOCC1)NC1CCN(C(=O)C2CCCC2)C1.I. The van der Waals surface area contributed by atoms with E-state index in [2.05, 4.69) is 41.2 Å². The molecule has 0 spiro atoms. The number of carbonyl (C=O) groups is 1. The highest BCUT2D eigenvalue weighted by Gasteiger charge is 2.32. The number of amides is 1. The van der Waals surface area contributed by atoms with Gasteiger partial charge >= 0.3 is 0 Å². The van der Waals surface area contributed by atoms with Crippen molar-refractivity contribution in [1.29, 1.82) is 0 Å². The molecule has 3 aliphatic rings. The summed E-state index contributed by atoms with van der Waals surface area (Å²) in [6, 6.07) is 0.744. The Labute approximate surface area is 206 Å². The summed E-state index contributed by atoms with van der Waals surface area (Å²) < 4.78 is 5.54. The average molecular weight is 550 g/mol. The number of likely N-dealkylation sites (tertiary alicyclic amines) is 1. The van der Waals surface area contributed by atoms with Gasteiger partial charge in [-0.05, 0) is 38.5 Å². The molecule has 1 aliphatic carbocycles. The lowest BCUT2D eigenvalue weighted by atomic mass is 10.0. The molecule has 2 aliphatic heterocycles. The molecule has 0 aromatic rings. The Morgan fingerprint density at radius 1 is 1.13 bits per heavy atom. The summed E-state index contributed by atoms with van der Waals surface area (Å²) in [6.07, 6.45) is 6.73. The Balaban J connectivity index is 0.00000341. The molecule has 0 aromatic heterocycles. The molecule has 31 heavy (non-hydrogen) atoms. The monoisotopic (exact) mass is 549 g/mol. The summed E-state index contributed by atoms with van der Waals surface area (Å²) in [6.45, 7) is 13.6. The van der Waals surface area contributed by atoms with Crippen molar-refractivity contribution in [2.24, 2.45) is 16.8 Å². The van der Waals surface area contributed by atoms with Crippen LogP contribution in [0.5, 0.6) is 0 Å². The van der Waals surface area contributed by atoms with Gasteiger partial charge in [-0.25, -0.2) is 0 Å². The van der Waals surface area contributed by atoms with E-state index < -0.39 is 0 Å². The van der Waals surface area contributed by atoms with Crippen molar-refractivity contribution in [3.63, 3.8) is 0 Å². The highest BCUT2D eigenvalue weighted by molar-refractivity contribution is 14.0. The topological polar surface area (TPSA) is 69.2 Å². The van der Waals surface area contributed by atoms with Crippen LogP contribution in [0.4, 0.5) is 0 Å². The minimum atomic E-state index is 0. The second kappa shape index (κ2) is 13.8. The van der Waals surface area contributed by atoms with Gasteiger partial charge in [-0.2, -0.15) is 0 Å². The second-order valence-corrected chi connectivity index (χ2v) is 9.55. The van der Waals surface area contributed by atoms with Crippen LogP contribution in [0.25, 0.3) is 0 Å². The van der Waals surface area contributed by atoms with Gasteiger partial charge in [0.05, 0.1) is 19.8 Å². The molecule has 7 nitrogen and oxygen atoms in total. The molecule has 8 heteroatoms. The molecule has 2 heterocycles. The van der Waals surface area contributed by atoms with E-state index in [1.54, 1.807) is 0 Å². The zero-order chi connectivity index (χ0) is 21.3. The van der Waals surface area contributed by atoms with Crippen molar-refractivity contribution >= 4 is 35.8 Å². The number of ether oxygens (including phenoxy) is 1. The molecule has 2 N–H and O–H groups in total. The fourth-order valence-electron chi connectivity index (χ4n) is 5.05. The number of nitrogens with zero attached hydrogens (tertiary/aromatic N) is 3. The molecule has 1 saturated carbocycles. The van der Waals surface area contributed by atoms with Crippen LogP contribution in [-0.2, 0) is 9.53 Å². The van der Waals surface area contributed by atoms with Crippen LogP contribution in [0, 0.1) is 11.8 Å². The molecule has 3 rings (SSSR count). The number of nitrogens with one attached hydrogen (secondary N) is 2. The summed E-state index contributed by atoms with van der Waals surface area (Å²) in [5.41, 5.74) is 0. The van der Waals surface area contributed by atoms with E-state index in [-0.39, 0.29) is 29.9 Å². The Hall–Kier alpha value is -0.610. The molecule has 0 radical (unpaired) electrons. The Bertz CT molecular complexity index is 562. The summed E-state index contributed by atoms with van der Waals surface area (Å²) in [7, 11) is 0. The number of halogens is 1. The fraction of sp³-hybridized carbons (Fsp3) is 0.913. The molecular weight excluding hydrogens is 505 g/mol. The van der Waals surface area contributed by atoms with E-state index in [0.29, 0.717) is 23.9 Å². The molecule has 2 atom stereocenters. The number of hydrogen-bond acceptors (Lipinski definition) is 4. The molecule has 0 bridgehead atoms. The van der Waals surface area contributed by atoms with Gasteiger partial charge in [-0.1, -0.05) is 26.7 Å². The number of aliphatic imine (C=N–C) groups is 1. The van der Waals surface area contributed by atoms with E-state index in [0.717, 1.165) is 84.1 Å². The second-order valence-electron chi connectivity index (χ2n) is 9.55. The molecule has 1 amide bonds. The number of carbonyl (C=O) groups excluding carboxylic acids is 1. The predicted octanol–water partition coefficient (Wildman–Crippen LogP) is 2.70. The van der Waals surface area contributed by atoms with E-state index in [1.807, 2.05) is 0 Å². The summed E-state index contributed by atoms with van der Waals surface area (Å²) in [4.78, 5) is 22.3. The first-order valence-electron chi connectivity index (χ1n) is 12.2. The lowest BCUT2D eigenvalue weighted by molar-refractivity contribution is -0.134. The lowest BCUT2D eigenvalue weighted by Crippen LogP contribution is -2.48. The van der Waals surface area contributed by atoms with E-state index in [4.69, 9.17) is 9.73 Å². The first-order chi connectivity index (χ1) is 14.6. The van der Waals surface area contributed by atoms with Crippen molar-refractivity contribution in [3.05, 3.63) is 0 Å². The maximum Gasteiger partial charge on any atom is 0.225 e. The Morgan fingerprint density at radius 3 is 2.48 bits per heavy atom. The van der Waals surface area contributed by atoms with Crippen LogP contribution in [0.3, 0.4) is 0 Å². The predicted molar refractivity (Wildman–Crippen MR) is 137 cm³/mol. The van der Waals surface area contributed by atoms with Gasteiger partial charge in [-0.15, -0.1) is 24.0 Å². The molecule has 180 valence electrons. The van der Waals surface area contributed by atoms with Crippen molar-refractivity contribution in [1.82, 2.24) is 20.4 Å². The van der Waals surface area contributed by atoms with Crippen LogP contribution >= 0.6 is 24.0 Å². The third kappa shape index (κ3) is 8.35. The first kappa shape index (κ1) is 26.6. The van der Waals surface area contributed by atoms with E-state index >= 15 is 0 Å². The molecule has 2 unspecified atom stereocenters. The van der Waals surface area contributed by atoms with Gasteiger partial charge in [-0.3, -0.25) is 14.7 Å². The maximum absolute atomic E-state index is 12.7. The first-order valence-corrected chi connectivity index (χ1v) is 12.2. The molecule has 2 saturated heterocycles. The van der Waals surface area contributed by atoms with Gasteiger partial charge in [0.1, 0.15) is 0 Å². The lowest BCUT2D eigenvalue weighted by Gasteiger charge is -2.34. The van der Waals surface area contributed by atoms with Crippen LogP contribution in [-0.4, -0.2) is 86.2 Å². The van der Waals surface area contributed by atoms with Crippen molar-refractivity contribution < 1.29 is 9.53 Å². The summed E-state index contributed by atoms with van der Waals surface area (Å²) in [5.74, 6) is 2.19. The van der Waals surface area contributed by atoms with Crippen LogP contribution in [0.15, 0.2) is 4.99 Å². The van der Waals surface area contributed by atoms with E-state index in [1.165, 1.54) is 12.8 Å². The zero-order valence-corrected chi connectivity index (χ0v) is 22.1. The smallest absolute Gasteiger partial charge is 0.225 e. The minimum absolute atomic E-state index is 0. The normalized spacial score (nSPS) is 24.3. The number of guanidine groups is 1. The van der Waals surface area contributed by atoms with Crippen LogP contribution in [0.2, 0.25) is 0 Å². The van der Waals surface area contributed by atoms with Crippen molar-refractivity contribution in [3.8, 4) is 0 Å². The fourth-order valence-corrected chi connectivity index (χ4v) is 5.05. The van der Waals surface area contributed by atoms with Crippen molar-refractivity contribution in [2.45, 2.75) is 71.4 Å². The molecule has 0 aromatic carbocycles. The number of rotatable bonds is 8. The number of hydrogen-bond donors (Lipinski definition) is 2. The number of morpholine rings is 1. The van der Waals surface area contributed by atoms with Crippen LogP contribution in [0.1, 0.15) is 59.3 Å². The summed E-state index contributed by atoms with van der Waals surface area (Å²) in [5, 5.41) is 7.02. The summed E-state index contributed by atoms with van der Waals surface area (Å²) >= 11 is 0. The van der Waals surface area contributed by atoms with Crippen molar-refractivity contribution in [2.75, 3.05) is 52.5 Å². The largest absolute Gasteiger partial charge is 0.379 e. The van der Waals surface area contributed by atoms with Crippen LogP contribution < -0.4 is 10.6 Å². The Kier molecular flexibility index (Phi) is 11.9. The maximum atomic E-state index is 12.7. The quantitative estimate of drug-likeness (QED) is 0.277. The van der Waals surface area contributed by atoms with Gasteiger partial charge in [0.15, 0.2) is 5.96 Å². The van der Waals surface area contributed by atoms with Gasteiger partial charge in [0.25, 0.3) is 0 Å². The third-order valence-corrected chi connectivity index (χ3v) is 6.66. The highest BCUT2D eigenvalue weighted by atomic mass is 127. The van der Waals surface area contributed by atoms with Gasteiger partial charge < -0.3 is 20.3 Å². The molecular formula is C23H44IN5O2. The van der Waals surface area contributed by atoms with E-state index in [9.17, 15) is 4.79 Å². The standard InChI is InChI=1S/C23H43N5O2.HI/c1-4-24-23(25-16-21(15-18(2)3)27-11-13-30-14-12-27)26-20-9-10-28(17-20)22(29)19-7-5-6-8-19;/h18-21H,4-17H2,1-3H3,(H2,24,25,26);1H. The van der Waals surface area contributed by atoms with Gasteiger partial charge in [0, 0.05) is 50.7 Å². The van der Waals surface area contributed by atoms with Gasteiger partial charge in [0.2, 0.25) is 5.91 Å². The zero-order valence-electron chi connectivity index (χ0n) is 19.8. The average Bonchev–Trinajstić information content (AvgIpc) is 3.43. The Morgan fingerprint density at radius 2 is 1.84 bits per heavy atom.